The van der Waals surface area contributed by atoms with Gasteiger partial charge in [0.25, 0.3) is 0 Å². The lowest BCUT2D eigenvalue weighted by molar-refractivity contribution is 0.227. The molecule has 0 saturated carbocycles. The van der Waals surface area contributed by atoms with E-state index in [2.05, 4.69) is 5.32 Å². The van der Waals surface area contributed by atoms with E-state index in [1.165, 1.54) is 0 Å². The summed E-state index contributed by atoms with van der Waals surface area (Å²) in [6.45, 7) is 5.46. The van der Waals surface area contributed by atoms with Gasteiger partial charge in [0, 0.05) is 17.6 Å². The monoisotopic (exact) mass is 293 g/mol. The Morgan fingerprint density at radius 1 is 1.44 bits per heavy atom. The maximum Gasteiger partial charge on any atom is 0.119 e. The molecule has 0 aliphatic carbocycles. The molecule has 0 aliphatic heterocycles. The average Bonchev–Trinajstić information content (AvgIpc) is 2.34. The Labute approximate surface area is 120 Å². The van der Waals surface area contributed by atoms with Gasteiger partial charge in [0.2, 0.25) is 0 Å². The van der Waals surface area contributed by atoms with Crippen LogP contribution in [-0.4, -0.2) is 30.9 Å². The first kappa shape index (κ1) is 17.5. The van der Waals surface area contributed by atoms with Crippen LogP contribution in [-0.2, 0) is 0 Å². The number of ether oxygens (including phenoxy) is 1. The highest BCUT2D eigenvalue weighted by Gasteiger charge is 2.03. The highest BCUT2D eigenvalue weighted by atomic mass is 35.5. The topological polar surface area (TPSA) is 41.5 Å². The van der Waals surface area contributed by atoms with Crippen LogP contribution < -0.4 is 10.1 Å². The Bertz CT molecular complexity index is 344. The molecule has 0 fully saturated rings. The summed E-state index contributed by atoms with van der Waals surface area (Å²) in [7, 11) is 0. The summed E-state index contributed by atoms with van der Waals surface area (Å²) in [5, 5.41) is 13.0. The summed E-state index contributed by atoms with van der Waals surface area (Å²) in [5.41, 5.74) is 1.01. The van der Waals surface area contributed by atoms with E-state index in [1.54, 1.807) is 0 Å². The first-order valence-corrected chi connectivity index (χ1v) is 6.28. The number of halogens is 2. The lowest BCUT2D eigenvalue weighted by atomic mass is 10.2. The van der Waals surface area contributed by atoms with Crippen molar-refractivity contribution in [3.8, 4) is 5.75 Å². The Hall–Kier alpha value is -0.480. The van der Waals surface area contributed by atoms with Crippen molar-refractivity contribution in [2.24, 2.45) is 0 Å². The molecule has 1 aromatic carbocycles. The van der Waals surface area contributed by atoms with Gasteiger partial charge in [-0.05, 0) is 37.1 Å². The maximum atomic E-state index is 8.99. The van der Waals surface area contributed by atoms with Crippen LogP contribution in [0.15, 0.2) is 18.2 Å². The van der Waals surface area contributed by atoms with Gasteiger partial charge < -0.3 is 15.2 Å². The largest absolute Gasteiger partial charge is 0.492 e. The summed E-state index contributed by atoms with van der Waals surface area (Å²) in [5.74, 6) is 0.825. The normalized spacial score (nSPS) is 11.8. The summed E-state index contributed by atoms with van der Waals surface area (Å²) in [4.78, 5) is 0. The molecule has 0 saturated heterocycles. The zero-order chi connectivity index (χ0) is 12.7. The number of hydrogen-bond donors (Lipinski definition) is 2. The second-order valence-electron chi connectivity index (χ2n) is 4.00. The zero-order valence-corrected chi connectivity index (χ0v) is 12.4. The molecular formula is C13H21Cl2NO2. The lowest BCUT2D eigenvalue weighted by Gasteiger charge is -2.14. The van der Waals surface area contributed by atoms with Crippen LogP contribution in [0, 0.1) is 6.92 Å². The smallest absolute Gasteiger partial charge is 0.119 e. The van der Waals surface area contributed by atoms with Gasteiger partial charge >= 0.3 is 0 Å². The van der Waals surface area contributed by atoms with E-state index in [0.717, 1.165) is 29.3 Å². The molecule has 0 unspecified atom stereocenters. The van der Waals surface area contributed by atoms with Crippen molar-refractivity contribution in [2.45, 2.75) is 26.3 Å². The third kappa shape index (κ3) is 5.91. The molecule has 0 spiro atoms. The molecule has 1 rings (SSSR count). The Morgan fingerprint density at radius 3 is 2.72 bits per heavy atom. The molecule has 0 aliphatic rings. The van der Waals surface area contributed by atoms with Crippen molar-refractivity contribution in [3.05, 3.63) is 28.8 Å². The molecule has 0 bridgehead atoms. The van der Waals surface area contributed by atoms with E-state index in [-0.39, 0.29) is 25.1 Å². The van der Waals surface area contributed by atoms with Crippen LogP contribution in [0.4, 0.5) is 0 Å². The van der Waals surface area contributed by atoms with Crippen LogP contribution in [0.25, 0.3) is 0 Å². The molecule has 3 nitrogen and oxygen atoms in total. The Morgan fingerprint density at radius 2 is 2.17 bits per heavy atom. The molecule has 0 heterocycles. The minimum atomic E-state index is 0. The van der Waals surface area contributed by atoms with E-state index in [9.17, 15) is 0 Å². The second-order valence-corrected chi connectivity index (χ2v) is 4.41. The molecule has 2 N–H and O–H groups in total. The van der Waals surface area contributed by atoms with Crippen molar-refractivity contribution < 1.29 is 9.84 Å². The number of aliphatic hydroxyl groups excluding tert-OH is 1. The molecule has 0 radical (unpaired) electrons. The van der Waals surface area contributed by atoms with E-state index in [1.807, 2.05) is 32.0 Å². The van der Waals surface area contributed by atoms with Gasteiger partial charge in [-0.3, -0.25) is 0 Å². The first-order chi connectivity index (χ1) is 8.17. The summed E-state index contributed by atoms with van der Waals surface area (Å²) < 4.78 is 5.58. The quantitative estimate of drug-likeness (QED) is 0.760. The SMILES string of the molecule is CC[C@@H](CO)NCCOc1ccc(Cl)c(C)c1.Cl. The molecule has 18 heavy (non-hydrogen) atoms. The van der Waals surface area contributed by atoms with Crippen molar-refractivity contribution in [3.63, 3.8) is 0 Å². The third-order valence-corrected chi connectivity index (χ3v) is 3.07. The number of aryl methyl sites for hydroxylation is 1. The molecule has 1 aromatic rings. The molecule has 0 amide bonds. The first-order valence-electron chi connectivity index (χ1n) is 5.90. The van der Waals surface area contributed by atoms with Gasteiger partial charge in [-0.1, -0.05) is 18.5 Å². The van der Waals surface area contributed by atoms with Crippen molar-refractivity contribution in [1.29, 1.82) is 0 Å². The van der Waals surface area contributed by atoms with E-state index in [0.29, 0.717) is 6.61 Å². The Kier molecular flexibility index (Phi) is 9.20. The minimum Gasteiger partial charge on any atom is -0.492 e. The van der Waals surface area contributed by atoms with Crippen LogP contribution in [0.5, 0.6) is 5.75 Å². The van der Waals surface area contributed by atoms with Crippen LogP contribution in [0.3, 0.4) is 0 Å². The van der Waals surface area contributed by atoms with Crippen molar-refractivity contribution >= 4 is 24.0 Å². The van der Waals surface area contributed by atoms with Gasteiger partial charge in [-0.25, -0.2) is 0 Å². The maximum absolute atomic E-state index is 8.99. The average molecular weight is 294 g/mol. The van der Waals surface area contributed by atoms with Gasteiger partial charge in [0.15, 0.2) is 0 Å². The second kappa shape index (κ2) is 9.45. The number of nitrogens with one attached hydrogen (secondary N) is 1. The molecule has 1 atom stereocenters. The standard InChI is InChI=1S/C13H20ClNO2.ClH/c1-3-11(9-16)15-6-7-17-12-4-5-13(14)10(2)8-12;/h4-5,8,11,15-16H,3,6-7,9H2,1-2H3;1H/t11-;/m0./s1. The Balaban J connectivity index is 0.00000289. The van der Waals surface area contributed by atoms with Crippen molar-refractivity contribution in [1.82, 2.24) is 5.32 Å². The highest BCUT2D eigenvalue weighted by molar-refractivity contribution is 6.31. The van der Waals surface area contributed by atoms with E-state index in [4.69, 9.17) is 21.4 Å². The lowest BCUT2D eigenvalue weighted by Crippen LogP contribution is -2.34. The highest BCUT2D eigenvalue weighted by Crippen LogP contribution is 2.20. The molecular weight excluding hydrogens is 273 g/mol. The van der Waals surface area contributed by atoms with Gasteiger partial charge in [-0.2, -0.15) is 0 Å². The number of rotatable bonds is 7. The molecule has 0 aromatic heterocycles. The van der Waals surface area contributed by atoms with Gasteiger partial charge in [-0.15, -0.1) is 12.4 Å². The van der Waals surface area contributed by atoms with Crippen LogP contribution >= 0.6 is 24.0 Å². The van der Waals surface area contributed by atoms with Crippen molar-refractivity contribution in [2.75, 3.05) is 19.8 Å². The molecule has 104 valence electrons. The number of benzene rings is 1. The van der Waals surface area contributed by atoms with Gasteiger partial charge in [0.1, 0.15) is 12.4 Å². The van der Waals surface area contributed by atoms with Gasteiger partial charge in [0.05, 0.1) is 6.61 Å². The fourth-order valence-corrected chi connectivity index (χ4v) is 1.59. The summed E-state index contributed by atoms with van der Waals surface area (Å²) in [6.07, 6.45) is 0.913. The summed E-state index contributed by atoms with van der Waals surface area (Å²) in [6, 6.07) is 5.78. The predicted molar refractivity (Wildman–Crippen MR) is 78.1 cm³/mol. The summed E-state index contributed by atoms with van der Waals surface area (Å²) >= 11 is 5.93. The fourth-order valence-electron chi connectivity index (χ4n) is 1.48. The zero-order valence-electron chi connectivity index (χ0n) is 10.8. The number of aliphatic hydroxyl groups is 1. The molecule has 5 heteroatoms. The third-order valence-electron chi connectivity index (χ3n) is 2.65. The predicted octanol–water partition coefficient (Wildman–Crippen LogP) is 2.81. The van der Waals surface area contributed by atoms with E-state index < -0.39 is 0 Å². The van der Waals surface area contributed by atoms with Crippen LogP contribution in [0.1, 0.15) is 18.9 Å². The van der Waals surface area contributed by atoms with E-state index >= 15 is 0 Å². The minimum absolute atomic E-state index is 0. The number of hydrogen-bond acceptors (Lipinski definition) is 3. The fraction of sp³-hybridized carbons (Fsp3) is 0.538. The van der Waals surface area contributed by atoms with Crippen LogP contribution in [0.2, 0.25) is 5.02 Å².